The number of unbranched alkanes of at least 4 members (excludes halogenated alkanes) is 3. The molecule has 0 aliphatic rings. The predicted octanol–water partition coefficient (Wildman–Crippen LogP) is 3.52. The number of hydrogen-bond acceptors (Lipinski definition) is 3. The van der Waals surface area contributed by atoms with E-state index in [2.05, 4.69) is 33.0 Å². The Morgan fingerprint density at radius 2 is 1.83 bits per heavy atom. The quantitative estimate of drug-likeness (QED) is 0.480. The van der Waals surface area contributed by atoms with Crippen molar-refractivity contribution in [2.45, 2.75) is 78.3 Å². The monoisotopic (exact) mass is 257 g/mol. The molecule has 3 heteroatoms. The zero-order valence-electron chi connectivity index (χ0n) is 12.8. The predicted molar refractivity (Wildman–Crippen MR) is 76.6 cm³/mol. The standard InChI is InChI=1S/C15H31NO2/c1-6-8-9-10-11-13(4)16-14(12(3)7-2)15(17)18-5/h12-14,16H,6-11H2,1-5H3. The van der Waals surface area contributed by atoms with Gasteiger partial charge >= 0.3 is 5.97 Å². The van der Waals surface area contributed by atoms with Crippen LogP contribution in [0.4, 0.5) is 0 Å². The molecule has 0 aromatic heterocycles. The van der Waals surface area contributed by atoms with Crippen LogP contribution in [0.5, 0.6) is 0 Å². The zero-order chi connectivity index (χ0) is 14.0. The maximum atomic E-state index is 11.7. The summed E-state index contributed by atoms with van der Waals surface area (Å²) in [4.78, 5) is 11.7. The lowest BCUT2D eigenvalue weighted by molar-refractivity contribution is -0.144. The van der Waals surface area contributed by atoms with Gasteiger partial charge in [0.25, 0.3) is 0 Å². The Morgan fingerprint density at radius 3 is 2.33 bits per heavy atom. The normalized spacial score (nSPS) is 16.1. The fourth-order valence-electron chi connectivity index (χ4n) is 2.09. The molecule has 0 fully saturated rings. The third-order valence-corrected chi connectivity index (χ3v) is 3.62. The van der Waals surface area contributed by atoms with Gasteiger partial charge in [0.05, 0.1) is 7.11 Å². The van der Waals surface area contributed by atoms with Gasteiger partial charge in [-0.3, -0.25) is 4.79 Å². The lowest BCUT2D eigenvalue weighted by atomic mass is 9.97. The molecule has 0 spiro atoms. The Balaban J connectivity index is 4.10. The largest absolute Gasteiger partial charge is 0.468 e. The molecule has 1 N–H and O–H groups in total. The van der Waals surface area contributed by atoms with Crippen molar-refractivity contribution < 1.29 is 9.53 Å². The van der Waals surface area contributed by atoms with Crippen LogP contribution in [0.2, 0.25) is 0 Å². The maximum Gasteiger partial charge on any atom is 0.323 e. The molecule has 0 aromatic carbocycles. The minimum absolute atomic E-state index is 0.134. The summed E-state index contributed by atoms with van der Waals surface area (Å²) < 4.78 is 4.88. The molecular formula is C15H31NO2. The van der Waals surface area contributed by atoms with Crippen LogP contribution in [-0.4, -0.2) is 25.2 Å². The van der Waals surface area contributed by atoms with Crippen molar-refractivity contribution in [2.24, 2.45) is 5.92 Å². The van der Waals surface area contributed by atoms with Crippen LogP contribution in [0.3, 0.4) is 0 Å². The van der Waals surface area contributed by atoms with Crippen LogP contribution in [0, 0.1) is 5.92 Å². The second kappa shape index (κ2) is 10.4. The number of nitrogens with one attached hydrogen (secondary N) is 1. The average Bonchev–Trinajstić information content (AvgIpc) is 2.39. The molecule has 0 saturated carbocycles. The molecule has 0 amide bonds. The van der Waals surface area contributed by atoms with Crippen LogP contribution >= 0.6 is 0 Å². The van der Waals surface area contributed by atoms with Gasteiger partial charge in [-0.05, 0) is 19.3 Å². The maximum absolute atomic E-state index is 11.7. The van der Waals surface area contributed by atoms with Crippen LogP contribution in [-0.2, 0) is 9.53 Å². The van der Waals surface area contributed by atoms with Gasteiger partial charge in [0, 0.05) is 6.04 Å². The lowest BCUT2D eigenvalue weighted by Gasteiger charge is -2.25. The van der Waals surface area contributed by atoms with E-state index < -0.39 is 0 Å². The highest BCUT2D eigenvalue weighted by atomic mass is 16.5. The molecule has 0 aliphatic heterocycles. The minimum atomic E-state index is -0.166. The first-order valence-electron chi connectivity index (χ1n) is 7.40. The van der Waals surface area contributed by atoms with E-state index in [4.69, 9.17) is 4.74 Å². The number of carbonyl (C=O) groups is 1. The summed E-state index contributed by atoms with van der Waals surface area (Å²) in [7, 11) is 1.46. The molecule has 0 rings (SSSR count). The third-order valence-electron chi connectivity index (χ3n) is 3.62. The summed E-state index contributed by atoms with van der Waals surface area (Å²) in [5.74, 6) is 0.181. The Labute approximate surface area is 113 Å². The average molecular weight is 257 g/mol. The van der Waals surface area contributed by atoms with Gasteiger partial charge < -0.3 is 10.1 Å². The van der Waals surface area contributed by atoms with Gasteiger partial charge in [0.1, 0.15) is 6.04 Å². The fraction of sp³-hybridized carbons (Fsp3) is 0.933. The lowest BCUT2D eigenvalue weighted by Crippen LogP contribution is -2.46. The second-order valence-electron chi connectivity index (χ2n) is 5.30. The van der Waals surface area contributed by atoms with Gasteiger partial charge in [-0.15, -0.1) is 0 Å². The van der Waals surface area contributed by atoms with Crippen molar-refractivity contribution in [1.29, 1.82) is 0 Å². The number of carbonyl (C=O) groups excluding carboxylic acids is 1. The van der Waals surface area contributed by atoms with E-state index in [0.29, 0.717) is 12.0 Å². The first kappa shape index (κ1) is 17.4. The van der Waals surface area contributed by atoms with Crippen molar-refractivity contribution in [1.82, 2.24) is 5.32 Å². The van der Waals surface area contributed by atoms with Crippen molar-refractivity contribution >= 4 is 5.97 Å². The van der Waals surface area contributed by atoms with E-state index >= 15 is 0 Å². The fourth-order valence-corrected chi connectivity index (χ4v) is 2.09. The van der Waals surface area contributed by atoms with Crippen molar-refractivity contribution in [3.63, 3.8) is 0 Å². The molecule has 3 nitrogen and oxygen atoms in total. The van der Waals surface area contributed by atoms with Crippen LogP contribution < -0.4 is 5.32 Å². The van der Waals surface area contributed by atoms with E-state index in [1.807, 2.05) is 0 Å². The van der Waals surface area contributed by atoms with Crippen molar-refractivity contribution in [2.75, 3.05) is 7.11 Å². The molecule has 0 saturated heterocycles. The Bertz CT molecular complexity index is 219. The number of esters is 1. The van der Waals surface area contributed by atoms with Crippen molar-refractivity contribution in [3.8, 4) is 0 Å². The van der Waals surface area contributed by atoms with E-state index in [1.54, 1.807) is 0 Å². The van der Waals surface area contributed by atoms with E-state index in [0.717, 1.165) is 12.8 Å². The van der Waals surface area contributed by atoms with Gasteiger partial charge in [-0.1, -0.05) is 52.9 Å². The Morgan fingerprint density at radius 1 is 1.17 bits per heavy atom. The van der Waals surface area contributed by atoms with E-state index in [1.165, 1.54) is 32.8 Å². The van der Waals surface area contributed by atoms with Gasteiger partial charge in [-0.25, -0.2) is 0 Å². The summed E-state index contributed by atoms with van der Waals surface area (Å²) in [6, 6.07) is 0.209. The molecule has 0 aliphatic carbocycles. The summed E-state index contributed by atoms with van der Waals surface area (Å²) in [6.45, 7) is 8.58. The van der Waals surface area contributed by atoms with Gasteiger partial charge in [0.2, 0.25) is 0 Å². The molecule has 3 unspecified atom stereocenters. The number of ether oxygens (including phenoxy) is 1. The molecule has 0 radical (unpaired) electrons. The summed E-state index contributed by atoms with van der Waals surface area (Å²) in [6.07, 6.45) is 7.20. The SMILES string of the molecule is CCCCCCC(C)NC(C(=O)OC)C(C)CC. The highest BCUT2D eigenvalue weighted by Crippen LogP contribution is 2.12. The van der Waals surface area contributed by atoms with E-state index in [9.17, 15) is 4.79 Å². The first-order valence-corrected chi connectivity index (χ1v) is 7.40. The number of hydrogen-bond donors (Lipinski definition) is 1. The smallest absolute Gasteiger partial charge is 0.323 e. The summed E-state index contributed by atoms with van der Waals surface area (Å²) in [5.41, 5.74) is 0. The third kappa shape index (κ3) is 7.00. The molecule has 0 aromatic rings. The summed E-state index contributed by atoms with van der Waals surface area (Å²) in [5, 5.41) is 3.42. The second-order valence-corrected chi connectivity index (χ2v) is 5.30. The highest BCUT2D eigenvalue weighted by molar-refractivity contribution is 5.76. The minimum Gasteiger partial charge on any atom is -0.468 e. The highest BCUT2D eigenvalue weighted by Gasteiger charge is 2.25. The molecular weight excluding hydrogens is 226 g/mol. The molecule has 3 atom stereocenters. The van der Waals surface area contributed by atoms with Crippen LogP contribution in [0.1, 0.15) is 66.2 Å². The van der Waals surface area contributed by atoms with E-state index in [-0.39, 0.29) is 12.0 Å². The zero-order valence-corrected chi connectivity index (χ0v) is 12.8. The topological polar surface area (TPSA) is 38.3 Å². The molecule has 18 heavy (non-hydrogen) atoms. The van der Waals surface area contributed by atoms with Crippen LogP contribution in [0.25, 0.3) is 0 Å². The molecule has 0 heterocycles. The first-order chi connectivity index (χ1) is 8.56. The molecule has 0 bridgehead atoms. The van der Waals surface area contributed by atoms with Gasteiger partial charge in [0.15, 0.2) is 0 Å². The van der Waals surface area contributed by atoms with Crippen molar-refractivity contribution in [3.05, 3.63) is 0 Å². The number of rotatable bonds is 10. The molecule has 108 valence electrons. The number of methoxy groups -OCH3 is 1. The summed E-state index contributed by atoms with van der Waals surface area (Å²) >= 11 is 0. The Hall–Kier alpha value is -0.570. The Kier molecular flexibility index (Phi) is 10.0. The van der Waals surface area contributed by atoms with Gasteiger partial charge in [-0.2, -0.15) is 0 Å². The van der Waals surface area contributed by atoms with Crippen LogP contribution in [0.15, 0.2) is 0 Å².